The topological polar surface area (TPSA) is 74.7 Å². The van der Waals surface area contributed by atoms with Crippen molar-refractivity contribution in [1.29, 1.82) is 0 Å². The molecule has 1 aliphatic heterocycles. The molecule has 5 nitrogen and oxygen atoms in total. The summed E-state index contributed by atoms with van der Waals surface area (Å²) >= 11 is 0. The van der Waals surface area contributed by atoms with Gasteiger partial charge in [-0.05, 0) is 5.92 Å². The van der Waals surface area contributed by atoms with Gasteiger partial charge in [0.25, 0.3) is 0 Å². The summed E-state index contributed by atoms with van der Waals surface area (Å²) in [4.78, 5) is 12.8. The monoisotopic (exact) mass is 253 g/mol. The van der Waals surface area contributed by atoms with Crippen LogP contribution in [0, 0.1) is 5.92 Å². The molecule has 1 amide bonds. The summed E-state index contributed by atoms with van der Waals surface area (Å²) in [6.07, 6.45) is -0.331. The van der Waals surface area contributed by atoms with E-state index in [-0.39, 0.29) is 25.5 Å². The molecule has 1 aliphatic rings. The predicted molar refractivity (Wildman–Crippen MR) is 55.9 cm³/mol. The van der Waals surface area contributed by atoms with Gasteiger partial charge in [-0.3, -0.25) is 4.79 Å². The van der Waals surface area contributed by atoms with E-state index in [1.54, 1.807) is 0 Å². The molecule has 0 aromatic rings. The summed E-state index contributed by atoms with van der Waals surface area (Å²) < 4.78 is 34.1. The molecule has 1 rings (SSSR count). The number of hydrogen-bond acceptors (Lipinski definition) is 4. The third-order valence-electron chi connectivity index (χ3n) is 2.88. The minimum absolute atomic E-state index is 0.00462. The molecule has 0 bridgehead atoms. The summed E-state index contributed by atoms with van der Waals surface area (Å²) in [5.74, 6) is -0.422. The number of rotatable bonds is 4. The molecule has 0 spiro atoms. The van der Waals surface area contributed by atoms with Crippen molar-refractivity contribution in [2.45, 2.75) is 31.6 Å². The number of nitrogens with zero attached hydrogens (tertiary/aromatic N) is 1. The maximum atomic E-state index is 12.7. The average molecular weight is 253 g/mol. The predicted octanol–water partition coefficient (Wildman–Crippen LogP) is -0.0965. The SMILES string of the molecule is CC(C)[C@@H](CO)N1CC(S(=O)(=O)F)CC1=O. The van der Waals surface area contributed by atoms with E-state index >= 15 is 0 Å². The number of carbonyl (C=O) groups is 1. The van der Waals surface area contributed by atoms with Crippen LogP contribution in [0.25, 0.3) is 0 Å². The number of likely N-dealkylation sites (tertiary alicyclic amines) is 1. The van der Waals surface area contributed by atoms with Gasteiger partial charge in [0.05, 0.1) is 12.6 Å². The molecule has 7 heteroatoms. The fourth-order valence-corrected chi connectivity index (χ4v) is 2.56. The smallest absolute Gasteiger partial charge is 0.307 e. The number of aliphatic hydroxyl groups is 1. The largest absolute Gasteiger partial charge is 0.394 e. The molecule has 1 unspecified atom stereocenters. The molecule has 0 saturated carbocycles. The number of amides is 1. The first-order chi connectivity index (χ1) is 7.27. The van der Waals surface area contributed by atoms with E-state index in [0.717, 1.165) is 0 Å². The van der Waals surface area contributed by atoms with Crippen LogP contribution in [-0.2, 0) is 15.0 Å². The fourth-order valence-electron chi connectivity index (χ4n) is 1.88. The van der Waals surface area contributed by atoms with Crippen LogP contribution in [0.2, 0.25) is 0 Å². The summed E-state index contributed by atoms with van der Waals surface area (Å²) in [5.41, 5.74) is 0. The first kappa shape index (κ1) is 13.4. The highest BCUT2D eigenvalue weighted by Gasteiger charge is 2.41. The van der Waals surface area contributed by atoms with Crippen molar-refractivity contribution in [3.63, 3.8) is 0 Å². The molecule has 16 heavy (non-hydrogen) atoms. The minimum Gasteiger partial charge on any atom is -0.394 e. The summed E-state index contributed by atoms with van der Waals surface area (Å²) in [6.45, 7) is 3.21. The Bertz CT molecular complexity index is 368. The lowest BCUT2D eigenvalue weighted by Crippen LogP contribution is -2.43. The molecule has 0 radical (unpaired) electrons. The van der Waals surface area contributed by atoms with Crippen LogP contribution < -0.4 is 0 Å². The van der Waals surface area contributed by atoms with Gasteiger partial charge in [-0.2, -0.15) is 8.42 Å². The third kappa shape index (κ3) is 2.70. The minimum atomic E-state index is -4.68. The van der Waals surface area contributed by atoms with Crippen LogP contribution in [0.5, 0.6) is 0 Å². The second-order valence-corrected chi connectivity index (χ2v) is 5.96. The number of aliphatic hydroxyl groups excluding tert-OH is 1. The molecular formula is C9H16FNO4S. The van der Waals surface area contributed by atoms with Crippen LogP contribution in [0.15, 0.2) is 0 Å². The van der Waals surface area contributed by atoms with Crippen LogP contribution in [0.4, 0.5) is 3.89 Å². The van der Waals surface area contributed by atoms with Crippen molar-refractivity contribution >= 4 is 16.1 Å². The van der Waals surface area contributed by atoms with Gasteiger partial charge in [0, 0.05) is 13.0 Å². The molecule has 1 N–H and O–H groups in total. The highest BCUT2D eigenvalue weighted by atomic mass is 32.3. The van der Waals surface area contributed by atoms with E-state index in [1.165, 1.54) is 4.90 Å². The standard InChI is InChI=1S/C9H16FNO4S/c1-6(2)8(5-12)11-4-7(3-9(11)13)16(10,14)15/h6-8,12H,3-5H2,1-2H3/t7?,8-/m1/s1. The quantitative estimate of drug-likeness (QED) is 0.710. The lowest BCUT2D eigenvalue weighted by Gasteiger charge is -2.29. The van der Waals surface area contributed by atoms with Gasteiger partial charge in [-0.25, -0.2) is 0 Å². The molecular weight excluding hydrogens is 237 g/mol. The molecule has 1 saturated heterocycles. The van der Waals surface area contributed by atoms with Gasteiger partial charge in [0.2, 0.25) is 5.91 Å². The number of hydrogen-bond donors (Lipinski definition) is 1. The Balaban J connectivity index is 2.82. The highest BCUT2D eigenvalue weighted by Crippen LogP contribution is 2.24. The molecule has 0 aromatic heterocycles. The normalized spacial score (nSPS) is 24.2. The van der Waals surface area contributed by atoms with E-state index in [4.69, 9.17) is 5.11 Å². The van der Waals surface area contributed by atoms with Crippen molar-refractivity contribution in [3.05, 3.63) is 0 Å². The van der Waals surface area contributed by atoms with Crippen LogP contribution in [-0.4, -0.2) is 48.8 Å². The fraction of sp³-hybridized carbons (Fsp3) is 0.889. The van der Waals surface area contributed by atoms with Crippen LogP contribution in [0.1, 0.15) is 20.3 Å². The van der Waals surface area contributed by atoms with Gasteiger partial charge in [0.15, 0.2) is 0 Å². The van der Waals surface area contributed by atoms with Crippen molar-refractivity contribution < 1.29 is 22.2 Å². The molecule has 1 heterocycles. The molecule has 1 fully saturated rings. The van der Waals surface area contributed by atoms with Gasteiger partial charge in [-0.1, -0.05) is 13.8 Å². The van der Waals surface area contributed by atoms with Crippen molar-refractivity contribution in [3.8, 4) is 0 Å². The second kappa shape index (κ2) is 4.67. The maximum Gasteiger partial charge on any atom is 0.307 e. The lowest BCUT2D eigenvalue weighted by molar-refractivity contribution is -0.131. The Kier molecular flexibility index (Phi) is 3.90. The van der Waals surface area contributed by atoms with Gasteiger partial charge >= 0.3 is 10.2 Å². The van der Waals surface area contributed by atoms with Crippen molar-refractivity contribution in [1.82, 2.24) is 4.90 Å². The van der Waals surface area contributed by atoms with Crippen LogP contribution in [0.3, 0.4) is 0 Å². The highest BCUT2D eigenvalue weighted by molar-refractivity contribution is 7.87. The molecule has 0 aliphatic carbocycles. The van der Waals surface area contributed by atoms with Gasteiger partial charge in [-0.15, -0.1) is 3.89 Å². The summed E-state index contributed by atoms with van der Waals surface area (Å²) in [7, 11) is -4.68. The Morgan fingerprint density at radius 1 is 1.56 bits per heavy atom. The van der Waals surface area contributed by atoms with Crippen molar-refractivity contribution in [2.24, 2.45) is 5.92 Å². The van der Waals surface area contributed by atoms with E-state index in [9.17, 15) is 17.1 Å². The Hall–Kier alpha value is -0.690. The van der Waals surface area contributed by atoms with Gasteiger partial charge in [0.1, 0.15) is 5.25 Å². The average Bonchev–Trinajstić information content (AvgIpc) is 2.48. The Morgan fingerprint density at radius 2 is 2.12 bits per heavy atom. The maximum absolute atomic E-state index is 12.7. The summed E-state index contributed by atoms with van der Waals surface area (Å²) in [5, 5.41) is 7.84. The van der Waals surface area contributed by atoms with E-state index in [1.807, 2.05) is 13.8 Å². The van der Waals surface area contributed by atoms with Gasteiger partial charge < -0.3 is 10.0 Å². The third-order valence-corrected chi connectivity index (χ3v) is 3.99. The van der Waals surface area contributed by atoms with E-state index in [2.05, 4.69) is 0 Å². The van der Waals surface area contributed by atoms with E-state index in [0.29, 0.717) is 0 Å². The first-order valence-corrected chi connectivity index (χ1v) is 6.55. The summed E-state index contributed by atoms with van der Waals surface area (Å²) in [6, 6.07) is -0.445. The number of carbonyl (C=O) groups excluding carboxylic acids is 1. The van der Waals surface area contributed by atoms with Crippen molar-refractivity contribution in [2.75, 3.05) is 13.2 Å². The lowest BCUT2D eigenvalue weighted by atomic mass is 10.0. The Labute approximate surface area is 94.5 Å². The molecule has 0 aromatic carbocycles. The molecule has 94 valence electrons. The zero-order valence-electron chi connectivity index (χ0n) is 9.26. The van der Waals surface area contributed by atoms with Crippen LogP contribution >= 0.6 is 0 Å². The zero-order valence-corrected chi connectivity index (χ0v) is 10.1. The molecule has 2 atom stereocenters. The van der Waals surface area contributed by atoms with E-state index < -0.39 is 27.4 Å². The Morgan fingerprint density at radius 3 is 2.44 bits per heavy atom. The number of halogens is 1. The second-order valence-electron chi connectivity index (χ2n) is 4.34. The zero-order chi connectivity index (χ0) is 12.5. The first-order valence-electron chi connectivity index (χ1n) is 5.11.